The van der Waals surface area contributed by atoms with E-state index in [0.29, 0.717) is 17.6 Å². The van der Waals surface area contributed by atoms with Crippen molar-refractivity contribution in [2.45, 2.75) is 32.1 Å². The molecule has 0 saturated heterocycles. The van der Waals surface area contributed by atoms with Gasteiger partial charge in [0.05, 0.1) is 7.11 Å². The van der Waals surface area contributed by atoms with Crippen LogP contribution in [0.5, 0.6) is 5.75 Å². The first kappa shape index (κ1) is 14.5. The minimum absolute atomic E-state index is 0.286. The molecule has 4 bridgehead atoms. The second-order valence-electron chi connectivity index (χ2n) is 8.25. The minimum Gasteiger partial charge on any atom is -0.497 e. The van der Waals surface area contributed by atoms with Gasteiger partial charge in [0.25, 0.3) is 0 Å². The summed E-state index contributed by atoms with van der Waals surface area (Å²) in [6.45, 7) is 0. The average molecular weight is 320 g/mol. The molecule has 2 aromatic rings. The third-order valence-corrected chi connectivity index (χ3v) is 6.86. The Morgan fingerprint density at radius 1 is 0.875 bits per heavy atom. The third kappa shape index (κ3) is 2.19. The van der Waals surface area contributed by atoms with Crippen LogP contribution >= 0.6 is 0 Å². The van der Waals surface area contributed by atoms with Crippen molar-refractivity contribution >= 4 is 16.6 Å². The normalized spacial score (nSPS) is 33.8. The van der Waals surface area contributed by atoms with Crippen LogP contribution in [-0.2, 0) is 0 Å². The Morgan fingerprint density at radius 2 is 1.50 bits per heavy atom. The Kier molecular flexibility index (Phi) is 3.23. The summed E-state index contributed by atoms with van der Waals surface area (Å²) in [6, 6.07) is 12.2. The van der Waals surface area contributed by atoms with E-state index in [4.69, 9.17) is 4.74 Å². The molecule has 0 heterocycles. The van der Waals surface area contributed by atoms with Gasteiger partial charge >= 0.3 is 0 Å². The number of Topliss-reactive ketones (excluding diaryl/α,β-unsaturated/α-hetero) is 1. The van der Waals surface area contributed by atoms with Crippen LogP contribution in [0.1, 0.15) is 42.5 Å². The van der Waals surface area contributed by atoms with Crippen molar-refractivity contribution in [2.75, 3.05) is 7.11 Å². The molecule has 124 valence electrons. The third-order valence-electron chi connectivity index (χ3n) is 6.86. The van der Waals surface area contributed by atoms with E-state index in [1.54, 1.807) is 7.11 Å². The highest BCUT2D eigenvalue weighted by atomic mass is 16.5. The quantitative estimate of drug-likeness (QED) is 0.735. The fraction of sp³-hybridized carbons (Fsp3) is 0.500. The van der Waals surface area contributed by atoms with Gasteiger partial charge in [0.2, 0.25) is 0 Å². The highest BCUT2D eigenvalue weighted by Gasteiger charge is 2.50. The van der Waals surface area contributed by atoms with E-state index in [-0.39, 0.29) is 5.92 Å². The molecule has 24 heavy (non-hydrogen) atoms. The number of benzene rings is 2. The van der Waals surface area contributed by atoms with E-state index in [1.165, 1.54) is 32.1 Å². The number of hydrogen-bond acceptors (Lipinski definition) is 2. The van der Waals surface area contributed by atoms with E-state index in [1.807, 2.05) is 18.2 Å². The van der Waals surface area contributed by atoms with Crippen molar-refractivity contribution in [1.29, 1.82) is 0 Å². The van der Waals surface area contributed by atoms with Crippen LogP contribution < -0.4 is 4.74 Å². The lowest BCUT2D eigenvalue weighted by atomic mass is 9.51. The summed E-state index contributed by atoms with van der Waals surface area (Å²) in [5, 5.41) is 2.27. The van der Waals surface area contributed by atoms with Gasteiger partial charge in [-0.15, -0.1) is 0 Å². The first-order valence-corrected chi connectivity index (χ1v) is 9.33. The Labute approximate surface area is 143 Å². The number of carbonyl (C=O) groups is 1. The molecule has 0 amide bonds. The molecular weight excluding hydrogens is 296 g/mol. The second-order valence-corrected chi connectivity index (χ2v) is 8.25. The lowest BCUT2D eigenvalue weighted by Gasteiger charge is -2.53. The van der Waals surface area contributed by atoms with Gasteiger partial charge in [-0.1, -0.05) is 18.2 Å². The number of carbonyl (C=O) groups excluding carboxylic acids is 1. The molecule has 4 aliphatic rings. The fourth-order valence-electron chi connectivity index (χ4n) is 6.05. The molecule has 0 unspecified atom stereocenters. The van der Waals surface area contributed by atoms with Crippen LogP contribution in [0, 0.1) is 29.6 Å². The molecule has 2 aromatic carbocycles. The molecule has 0 spiro atoms. The molecule has 0 atom stereocenters. The molecule has 4 saturated carbocycles. The molecule has 0 aromatic heterocycles. The Balaban J connectivity index is 1.47. The van der Waals surface area contributed by atoms with E-state index >= 15 is 0 Å². The lowest BCUT2D eigenvalue weighted by molar-refractivity contribution is -0.0251. The van der Waals surface area contributed by atoms with Gasteiger partial charge in [-0.2, -0.15) is 0 Å². The van der Waals surface area contributed by atoms with Crippen molar-refractivity contribution in [2.24, 2.45) is 29.6 Å². The molecule has 0 radical (unpaired) electrons. The maximum Gasteiger partial charge on any atom is 0.166 e. The molecule has 2 nitrogen and oxygen atoms in total. The summed E-state index contributed by atoms with van der Waals surface area (Å²) in [6.07, 6.45) is 6.64. The van der Waals surface area contributed by atoms with Gasteiger partial charge in [-0.25, -0.2) is 0 Å². The summed E-state index contributed by atoms with van der Waals surface area (Å²) >= 11 is 0. The Hall–Kier alpha value is -1.83. The predicted octanol–water partition coefficient (Wildman–Crippen LogP) is 5.10. The topological polar surface area (TPSA) is 26.3 Å². The average Bonchev–Trinajstić information content (AvgIpc) is 2.59. The van der Waals surface area contributed by atoms with Crippen molar-refractivity contribution in [3.8, 4) is 5.75 Å². The zero-order valence-corrected chi connectivity index (χ0v) is 14.2. The van der Waals surface area contributed by atoms with Crippen molar-refractivity contribution < 1.29 is 9.53 Å². The molecule has 6 rings (SSSR count). The smallest absolute Gasteiger partial charge is 0.166 e. The first-order valence-electron chi connectivity index (χ1n) is 9.33. The highest BCUT2D eigenvalue weighted by Crippen LogP contribution is 2.57. The first-order chi connectivity index (χ1) is 11.7. The maximum atomic E-state index is 13.3. The van der Waals surface area contributed by atoms with E-state index < -0.39 is 0 Å². The number of hydrogen-bond donors (Lipinski definition) is 0. The number of ketones is 1. The van der Waals surface area contributed by atoms with Gasteiger partial charge in [0.1, 0.15) is 5.75 Å². The van der Waals surface area contributed by atoms with Gasteiger partial charge in [-0.3, -0.25) is 4.79 Å². The summed E-state index contributed by atoms with van der Waals surface area (Å²) in [5.74, 6) is 4.69. The van der Waals surface area contributed by atoms with E-state index in [9.17, 15) is 4.79 Å². The molecule has 0 N–H and O–H groups in total. The van der Waals surface area contributed by atoms with E-state index in [0.717, 1.165) is 33.9 Å². The van der Waals surface area contributed by atoms with Crippen LogP contribution in [0.4, 0.5) is 0 Å². The van der Waals surface area contributed by atoms with Crippen molar-refractivity contribution in [3.05, 3.63) is 42.0 Å². The summed E-state index contributed by atoms with van der Waals surface area (Å²) in [7, 11) is 1.69. The van der Waals surface area contributed by atoms with Gasteiger partial charge in [-0.05, 0) is 84.7 Å². The molecule has 0 aliphatic heterocycles. The van der Waals surface area contributed by atoms with Crippen LogP contribution in [0.25, 0.3) is 10.8 Å². The molecule has 4 fully saturated rings. The number of ether oxygens (including phenoxy) is 1. The van der Waals surface area contributed by atoms with Gasteiger partial charge in [0.15, 0.2) is 5.78 Å². The molecule has 2 heteroatoms. The monoisotopic (exact) mass is 320 g/mol. The fourth-order valence-corrected chi connectivity index (χ4v) is 6.05. The Morgan fingerprint density at radius 3 is 2.17 bits per heavy atom. The number of fused-ring (bicyclic) bond motifs is 1. The van der Waals surface area contributed by atoms with Crippen LogP contribution in [0.15, 0.2) is 36.4 Å². The standard InChI is InChI=1S/C22H24O2/c1-24-20-5-4-15-11-17(3-2-16(15)12-20)22(23)21-18-7-13-6-14(9-18)10-19(21)8-13/h2-5,11-14,18-19,21H,6-10H2,1H3. The summed E-state index contributed by atoms with van der Waals surface area (Å²) in [4.78, 5) is 13.3. The second kappa shape index (κ2) is 5.34. The number of methoxy groups -OCH3 is 1. The van der Waals surface area contributed by atoms with Crippen molar-refractivity contribution in [3.63, 3.8) is 0 Å². The highest BCUT2D eigenvalue weighted by molar-refractivity contribution is 6.01. The molecule has 4 aliphatic carbocycles. The van der Waals surface area contributed by atoms with Gasteiger partial charge in [0, 0.05) is 11.5 Å². The van der Waals surface area contributed by atoms with Gasteiger partial charge < -0.3 is 4.74 Å². The number of rotatable bonds is 3. The predicted molar refractivity (Wildman–Crippen MR) is 95.4 cm³/mol. The summed E-state index contributed by atoms with van der Waals surface area (Å²) in [5.41, 5.74) is 0.908. The zero-order valence-electron chi connectivity index (χ0n) is 14.2. The zero-order chi connectivity index (χ0) is 16.3. The SMILES string of the molecule is COc1ccc2cc(C(=O)C3C4CC5CC(C4)CC3C5)ccc2c1. The summed E-state index contributed by atoms with van der Waals surface area (Å²) < 4.78 is 5.29. The largest absolute Gasteiger partial charge is 0.497 e. The van der Waals surface area contributed by atoms with Crippen molar-refractivity contribution in [1.82, 2.24) is 0 Å². The minimum atomic E-state index is 0.286. The van der Waals surface area contributed by atoms with E-state index in [2.05, 4.69) is 18.2 Å². The van der Waals surface area contributed by atoms with Crippen LogP contribution in [0.3, 0.4) is 0 Å². The lowest BCUT2D eigenvalue weighted by Crippen LogP contribution is -2.48. The Bertz CT molecular complexity index is 779. The molecular formula is C22H24O2. The van der Waals surface area contributed by atoms with Crippen LogP contribution in [-0.4, -0.2) is 12.9 Å². The van der Waals surface area contributed by atoms with Crippen LogP contribution in [0.2, 0.25) is 0 Å². The maximum absolute atomic E-state index is 13.3.